The topological polar surface area (TPSA) is 83.6 Å². The summed E-state index contributed by atoms with van der Waals surface area (Å²) in [5.41, 5.74) is 1.78. The van der Waals surface area contributed by atoms with Crippen LogP contribution in [0.4, 0.5) is 0 Å². The highest BCUT2D eigenvalue weighted by Gasteiger charge is 2.29. The lowest BCUT2D eigenvalue weighted by Gasteiger charge is -2.18. The zero-order chi connectivity index (χ0) is 19.4. The Morgan fingerprint density at radius 3 is 2.44 bits per heavy atom. The van der Waals surface area contributed by atoms with E-state index in [2.05, 4.69) is 5.32 Å². The Balaban J connectivity index is 1.67. The van der Waals surface area contributed by atoms with E-state index >= 15 is 0 Å². The maximum absolute atomic E-state index is 12.7. The summed E-state index contributed by atoms with van der Waals surface area (Å²) >= 11 is 0. The number of sulfone groups is 1. The van der Waals surface area contributed by atoms with Crippen molar-refractivity contribution in [2.45, 2.75) is 19.0 Å². The van der Waals surface area contributed by atoms with E-state index in [-0.39, 0.29) is 29.4 Å². The first kappa shape index (κ1) is 19.1. The van der Waals surface area contributed by atoms with Crippen molar-refractivity contribution in [1.29, 1.82) is 0 Å². The van der Waals surface area contributed by atoms with Crippen molar-refractivity contribution >= 4 is 21.7 Å². The molecule has 1 heterocycles. The molecule has 3 rings (SSSR count). The van der Waals surface area contributed by atoms with Crippen LogP contribution in [0.1, 0.15) is 32.7 Å². The Morgan fingerprint density at radius 2 is 1.78 bits per heavy atom. The van der Waals surface area contributed by atoms with Crippen molar-refractivity contribution in [2.75, 3.05) is 18.6 Å². The third-order valence-corrected chi connectivity index (χ3v) is 6.32. The van der Waals surface area contributed by atoms with Crippen LogP contribution < -0.4 is 5.32 Å². The van der Waals surface area contributed by atoms with Crippen molar-refractivity contribution in [3.63, 3.8) is 0 Å². The van der Waals surface area contributed by atoms with Gasteiger partial charge in [-0.15, -0.1) is 0 Å². The first-order valence-electron chi connectivity index (χ1n) is 8.75. The number of amides is 2. The van der Waals surface area contributed by atoms with Crippen molar-refractivity contribution in [3.05, 3.63) is 71.3 Å². The fourth-order valence-electron chi connectivity index (χ4n) is 3.12. The molecule has 6 nitrogen and oxygen atoms in total. The molecule has 0 spiro atoms. The predicted octanol–water partition coefficient (Wildman–Crippen LogP) is 1.88. The van der Waals surface area contributed by atoms with E-state index in [4.69, 9.17) is 0 Å². The standard InChI is InChI=1S/C20H22N2O4S/c1-22(13-15-6-3-2-4-7-15)20(24)17-9-5-8-16(12-17)19(23)21-18-10-11-27(25,26)14-18/h2-9,12,18H,10-11,13-14H2,1H3,(H,21,23). The van der Waals surface area contributed by atoms with Gasteiger partial charge in [-0.25, -0.2) is 8.42 Å². The smallest absolute Gasteiger partial charge is 0.253 e. The lowest BCUT2D eigenvalue weighted by atomic mass is 10.1. The number of nitrogens with one attached hydrogen (secondary N) is 1. The largest absolute Gasteiger partial charge is 0.348 e. The van der Waals surface area contributed by atoms with Gasteiger partial charge in [0.25, 0.3) is 11.8 Å². The summed E-state index contributed by atoms with van der Waals surface area (Å²) in [6.45, 7) is 0.468. The molecule has 1 saturated heterocycles. The number of rotatable bonds is 5. The lowest BCUT2D eigenvalue weighted by Crippen LogP contribution is -2.35. The molecule has 1 atom stereocenters. The van der Waals surface area contributed by atoms with E-state index in [9.17, 15) is 18.0 Å². The molecule has 0 saturated carbocycles. The summed E-state index contributed by atoms with van der Waals surface area (Å²) < 4.78 is 23.1. The van der Waals surface area contributed by atoms with Crippen LogP contribution >= 0.6 is 0 Å². The van der Waals surface area contributed by atoms with E-state index in [1.165, 1.54) is 0 Å². The molecule has 1 N–H and O–H groups in total. The Bertz CT molecular complexity index is 941. The van der Waals surface area contributed by atoms with Gasteiger partial charge in [0.05, 0.1) is 11.5 Å². The number of hydrogen-bond donors (Lipinski definition) is 1. The number of hydrogen-bond acceptors (Lipinski definition) is 4. The van der Waals surface area contributed by atoms with E-state index in [0.29, 0.717) is 24.1 Å². The Kier molecular flexibility index (Phi) is 5.60. The second-order valence-electron chi connectivity index (χ2n) is 6.80. The van der Waals surface area contributed by atoms with Gasteiger partial charge in [-0.05, 0) is 30.2 Å². The second-order valence-corrected chi connectivity index (χ2v) is 9.03. The van der Waals surface area contributed by atoms with Crippen LogP contribution in [0, 0.1) is 0 Å². The average molecular weight is 386 g/mol. The van der Waals surface area contributed by atoms with Crippen LogP contribution in [0.3, 0.4) is 0 Å². The first-order chi connectivity index (χ1) is 12.8. The number of benzene rings is 2. The van der Waals surface area contributed by atoms with Gasteiger partial charge in [-0.3, -0.25) is 9.59 Å². The van der Waals surface area contributed by atoms with Crippen LogP contribution in [0.15, 0.2) is 54.6 Å². The van der Waals surface area contributed by atoms with E-state index < -0.39 is 9.84 Å². The van der Waals surface area contributed by atoms with Gasteiger partial charge in [0.1, 0.15) is 0 Å². The Labute approximate surface area is 159 Å². The quantitative estimate of drug-likeness (QED) is 0.850. The molecular formula is C20H22N2O4S. The van der Waals surface area contributed by atoms with E-state index in [1.807, 2.05) is 30.3 Å². The van der Waals surface area contributed by atoms with Gasteiger partial charge in [0.2, 0.25) is 0 Å². The normalized spacial score (nSPS) is 18.0. The molecule has 1 aliphatic rings. The Hall–Kier alpha value is -2.67. The van der Waals surface area contributed by atoms with Crippen molar-refractivity contribution in [3.8, 4) is 0 Å². The monoisotopic (exact) mass is 386 g/mol. The first-order valence-corrected chi connectivity index (χ1v) is 10.6. The van der Waals surface area contributed by atoms with Crippen LogP contribution in [0.5, 0.6) is 0 Å². The van der Waals surface area contributed by atoms with E-state index in [1.54, 1.807) is 36.2 Å². The summed E-state index contributed by atoms with van der Waals surface area (Å²) in [5.74, 6) is -0.479. The minimum atomic E-state index is -3.06. The minimum Gasteiger partial charge on any atom is -0.348 e. The maximum Gasteiger partial charge on any atom is 0.253 e. The van der Waals surface area contributed by atoms with Crippen molar-refractivity contribution < 1.29 is 18.0 Å². The molecular weight excluding hydrogens is 364 g/mol. The summed E-state index contributed by atoms with van der Waals surface area (Å²) in [7, 11) is -1.35. The molecule has 1 unspecified atom stereocenters. The third-order valence-electron chi connectivity index (χ3n) is 4.55. The molecule has 0 aromatic heterocycles. The Morgan fingerprint density at radius 1 is 1.07 bits per heavy atom. The predicted molar refractivity (Wildman–Crippen MR) is 103 cm³/mol. The molecule has 0 aliphatic carbocycles. The van der Waals surface area contributed by atoms with Gasteiger partial charge in [-0.1, -0.05) is 36.4 Å². The summed E-state index contributed by atoms with van der Waals surface area (Å²) in [5, 5.41) is 2.74. The molecule has 2 aromatic carbocycles. The second kappa shape index (κ2) is 7.92. The van der Waals surface area contributed by atoms with Gasteiger partial charge in [-0.2, -0.15) is 0 Å². The molecule has 1 fully saturated rings. The SMILES string of the molecule is CN(Cc1ccccc1)C(=O)c1cccc(C(=O)NC2CCS(=O)(=O)C2)c1. The lowest BCUT2D eigenvalue weighted by molar-refractivity contribution is 0.0785. The maximum atomic E-state index is 12.7. The molecule has 7 heteroatoms. The highest BCUT2D eigenvalue weighted by molar-refractivity contribution is 7.91. The van der Waals surface area contributed by atoms with Gasteiger partial charge in [0, 0.05) is 30.8 Å². The van der Waals surface area contributed by atoms with Gasteiger partial charge < -0.3 is 10.2 Å². The zero-order valence-corrected chi connectivity index (χ0v) is 15.9. The molecule has 0 bridgehead atoms. The van der Waals surface area contributed by atoms with Crippen molar-refractivity contribution in [1.82, 2.24) is 10.2 Å². The fraction of sp³-hybridized carbons (Fsp3) is 0.300. The molecule has 1 aliphatic heterocycles. The van der Waals surface area contributed by atoms with Crippen LogP contribution in [0.25, 0.3) is 0 Å². The van der Waals surface area contributed by atoms with Gasteiger partial charge >= 0.3 is 0 Å². The fourth-order valence-corrected chi connectivity index (χ4v) is 4.79. The molecule has 142 valence electrons. The summed E-state index contributed by atoms with van der Waals surface area (Å²) in [6, 6.07) is 15.8. The van der Waals surface area contributed by atoms with Crippen molar-refractivity contribution in [2.24, 2.45) is 0 Å². The van der Waals surface area contributed by atoms with Gasteiger partial charge in [0.15, 0.2) is 9.84 Å². The number of carbonyl (C=O) groups is 2. The van der Waals surface area contributed by atoms with Crippen LogP contribution in [-0.4, -0.2) is 49.7 Å². The number of carbonyl (C=O) groups excluding carboxylic acids is 2. The minimum absolute atomic E-state index is 0.0306. The molecule has 2 aromatic rings. The summed E-state index contributed by atoms with van der Waals surface area (Å²) in [6.07, 6.45) is 0.423. The highest BCUT2D eigenvalue weighted by atomic mass is 32.2. The summed E-state index contributed by atoms with van der Waals surface area (Å²) in [4.78, 5) is 26.7. The third kappa shape index (κ3) is 4.95. The highest BCUT2D eigenvalue weighted by Crippen LogP contribution is 2.14. The molecule has 0 radical (unpaired) electrons. The van der Waals surface area contributed by atoms with Crippen LogP contribution in [0.2, 0.25) is 0 Å². The number of nitrogens with zero attached hydrogens (tertiary/aromatic N) is 1. The van der Waals surface area contributed by atoms with Crippen LogP contribution in [-0.2, 0) is 16.4 Å². The zero-order valence-electron chi connectivity index (χ0n) is 15.1. The average Bonchev–Trinajstić information content (AvgIpc) is 3.00. The molecule has 2 amide bonds. The van der Waals surface area contributed by atoms with E-state index in [0.717, 1.165) is 5.56 Å². The molecule has 27 heavy (non-hydrogen) atoms.